The topological polar surface area (TPSA) is 80.5 Å². The third kappa shape index (κ3) is 3.54. The first-order valence-corrected chi connectivity index (χ1v) is 9.91. The standard InChI is InChI=1S/C21H16Cl2N2O4/c22-16-8-7-12(9-17(16)23)15-11-20(27)24(18-5-2-6-19(26)21(15)18)13-3-1-4-14(10-13)25(28)29/h1,3-4,7-10,15H,2,5-6,11H2. The summed E-state index contributed by atoms with van der Waals surface area (Å²) in [5.41, 5.74) is 2.26. The maximum absolute atomic E-state index is 13.1. The Bertz CT molecular complexity index is 1080. The van der Waals surface area contributed by atoms with Gasteiger partial charge in [-0.1, -0.05) is 35.3 Å². The number of allylic oxidation sites excluding steroid dienone is 2. The normalized spacial score (nSPS) is 19.4. The maximum Gasteiger partial charge on any atom is 0.271 e. The van der Waals surface area contributed by atoms with Crippen LogP contribution in [0, 0.1) is 10.1 Å². The van der Waals surface area contributed by atoms with Gasteiger partial charge in [-0.2, -0.15) is 0 Å². The predicted molar refractivity (Wildman–Crippen MR) is 110 cm³/mol. The highest BCUT2D eigenvalue weighted by molar-refractivity contribution is 6.42. The molecule has 1 unspecified atom stereocenters. The highest BCUT2D eigenvalue weighted by Crippen LogP contribution is 2.44. The molecule has 0 fully saturated rings. The van der Waals surface area contributed by atoms with Crippen LogP contribution in [0.2, 0.25) is 10.0 Å². The van der Waals surface area contributed by atoms with Crippen LogP contribution in [0.1, 0.15) is 37.2 Å². The number of nitro benzene ring substituents is 1. The summed E-state index contributed by atoms with van der Waals surface area (Å²) in [6.45, 7) is 0. The fourth-order valence-corrected chi connectivity index (χ4v) is 4.36. The smallest absolute Gasteiger partial charge is 0.271 e. The number of hydrogen-bond donors (Lipinski definition) is 0. The summed E-state index contributed by atoms with van der Waals surface area (Å²) >= 11 is 12.2. The van der Waals surface area contributed by atoms with E-state index in [-0.39, 0.29) is 23.8 Å². The lowest BCUT2D eigenvalue weighted by molar-refractivity contribution is -0.384. The number of benzene rings is 2. The Morgan fingerprint density at radius 1 is 1.03 bits per heavy atom. The van der Waals surface area contributed by atoms with E-state index in [0.29, 0.717) is 46.3 Å². The monoisotopic (exact) mass is 430 g/mol. The van der Waals surface area contributed by atoms with Crippen molar-refractivity contribution in [3.8, 4) is 0 Å². The molecule has 2 aromatic carbocycles. The lowest BCUT2D eigenvalue weighted by atomic mass is 9.77. The fraction of sp³-hybridized carbons (Fsp3) is 0.238. The van der Waals surface area contributed by atoms with Crippen molar-refractivity contribution >= 4 is 46.3 Å². The van der Waals surface area contributed by atoms with E-state index in [1.165, 1.54) is 23.1 Å². The number of carbonyl (C=O) groups excluding carboxylic acids is 2. The molecule has 6 nitrogen and oxygen atoms in total. The SMILES string of the molecule is O=C1CCCC2=C1C(c1ccc(Cl)c(Cl)c1)CC(=O)N2c1cccc([N+](=O)[O-])c1. The van der Waals surface area contributed by atoms with Gasteiger partial charge in [0.25, 0.3) is 5.69 Å². The van der Waals surface area contributed by atoms with Gasteiger partial charge >= 0.3 is 0 Å². The van der Waals surface area contributed by atoms with Crippen molar-refractivity contribution in [3.63, 3.8) is 0 Å². The molecule has 2 aliphatic rings. The van der Waals surface area contributed by atoms with Gasteiger partial charge in [0.15, 0.2) is 5.78 Å². The maximum atomic E-state index is 13.1. The van der Waals surface area contributed by atoms with Gasteiger partial charge in [-0.15, -0.1) is 0 Å². The zero-order valence-corrected chi connectivity index (χ0v) is 16.7. The number of carbonyl (C=O) groups is 2. The zero-order valence-electron chi connectivity index (χ0n) is 15.2. The second kappa shape index (κ2) is 7.61. The minimum absolute atomic E-state index is 0.00902. The second-order valence-corrected chi connectivity index (χ2v) is 7.89. The van der Waals surface area contributed by atoms with E-state index in [1.54, 1.807) is 24.3 Å². The fourth-order valence-electron chi connectivity index (χ4n) is 4.05. The average molecular weight is 431 g/mol. The molecule has 1 heterocycles. The summed E-state index contributed by atoms with van der Waals surface area (Å²) in [5.74, 6) is -0.629. The number of halogens is 2. The van der Waals surface area contributed by atoms with Gasteiger partial charge in [0, 0.05) is 42.2 Å². The summed E-state index contributed by atoms with van der Waals surface area (Å²) in [6.07, 6.45) is 1.66. The summed E-state index contributed by atoms with van der Waals surface area (Å²) in [5, 5.41) is 11.9. The molecule has 4 rings (SSSR count). The van der Waals surface area contributed by atoms with Crippen LogP contribution in [0.4, 0.5) is 11.4 Å². The van der Waals surface area contributed by atoms with Crippen LogP contribution in [0.15, 0.2) is 53.7 Å². The molecule has 1 aliphatic carbocycles. The first-order valence-electron chi connectivity index (χ1n) is 9.15. The lowest BCUT2D eigenvalue weighted by Crippen LogP contribution is -2.40. The Balaban J connectivity index is 1.86. The van der Waals surface area contributed by atoms with Gasteiger partial charge in [-0.3, -0.25) is 24.6 Å². The lowest BCUT2D eigenvalue weighted by Gasteiger charge is -2.38. The van der Waals surface area contributed by atoms with E-state index in [0.717, 1.165) is 5.56 Å². The number of nitro groups is 1. The van der Waals surface area contributed by atoms with Gasteiger partial charge in [-0.05, 0) is 36.6 Å². The number of non-ortho nitro benzene ring substituents is 1. The van der Waals surface area contributed by atoms with E-state index >= 15 is 0 Å². The Morgan fingerprint density at radius 3 is 2.55 bits per heavy atom. The van der Waals surface area contributed by atoms with E-state index < -0.39 is 10.8 Å². The summed E-state index contributed by atoms with van der Waals surface area (Å²) < 4.78 is 0. The molecule has 1 aliphatic heterocycles. The Kier molecular flexibility index (Phi) is 5.15. The zero-order chi connectivity index (χ0) is 20.7. The van der Waals surface area contributed by atoms with Crippen molar-refractivity contribution in [3.05, 3.63) is 79.5 Å². The van der Waals surface area contributed by atoms with E-state index in [1.807, 2.05) is 0 Å². The molecule has 0 saturated carbocycles. The molecule has 8 heteroatoms. The first-order chi connectivity index (χ1) is 13.9. The highest BCUT2D eigenvalue weighted by atomic mass is 35.5. The quantitative estimate of drug-likeness (QED) is 0.480. The number of ketones is 1. The molecule has 0 bridgehead atoms. The van der Waals surface area contributed by atoms with Gasteiger partial charge in [-0.25, -0.2) is 0 Å². The van der Waals surface area contributed by atoms with Crippen LogP contribution < -0.4 is 4.90 Å². The molecule has 2 aromatic rings. The van der Waals surface area contributed by atoms with Crippen molar-refractivity contribution in [2.45, 2.75) is 31.6 Å². The van der Waals surface area contributed by atoms with E-state index in [4.69, 9.17) is 23.2 Å². The number of hydrogen-bond acceptors (Lipinski definition) is 4. The number of Topliss-reactive ketones (excluding diaryl/α,β-unsaturated/α-hetero) is 1. The van der Waals surface area contributed by atoms with E-state index in [9.17, 15) is 19.7 Å². The number of anilines is 1. The number of rotatable bonds is 3. The minimum atomic E-state index is -0.502. The molecule has 148 valence electrons. The van der Waals surface area contributed by atoms with Crippen molar-refractivity contribution in [2.24, 2.45) is 0 Å². The number of amides is 1. The summed E-state index contributed by atoms with van der Waals surface area (Å²) in [7, 11) is 0. The third-order valence-corrected chi connectivity index (χ3v) is 6.06. The largest absolute Gasteiger partial charge is 0.294 e. The molecule has 0 radical (unpaired) electrons. The Morgan fingerprint density at radius 2 is 1.83 bits per heavy atom. The van der Waals surface area contributed by atoms with Crippen LogP contribution in [0.25, 0.3) is 0 Å². The third-order valence-electron chi connectivity index (χ3n) is 5.32. The van der Waals surface area contributed by atoms with Crippen molar-refractivity contribution in [1.29, 1.82) is 0 Å². The van der Waals surface area contributed by atoms with E-state index in [2.05, 4.69) is 0 Å². The molecule has 1 amide bonds. The summed E-state index contributed by atoms with van der Waals surface area (Å²) in [4.78, 5) is 38.1. The van der Waals surface area contributed by atoms with Crippen molar-refractivity contribution in [1.82, 2.24) is 0 Å². The van der Waals surface area contributed by atoms with Gasteiger partial charge in [0.2, 0.25) is 5.91 Å². The molecule has 1 atom stereocenters. The molecule has 0 aromatic heterocycles. The first kappa shape index (κ1) is 19.6. The minimum Gasteiger partial charge on any atom is -0.294 e. The summed E-state index contributed by atoms with van der Waals surface area (Å²) in [6, 6.07) is 11.0. The van der Waals surface area contributed by atoms with Crippen molar-refractivity contribution < 1.29 is 14.5 Å². The molecular weight excluding hydrogens is 415 g/mol. The van der Waals surface area contributed by atoms with Crippen LogP contribution in [0.3, 0.4) is 0 Å². The van der Waals surface area contributed by atoms with Gasteiger partial charge in [0.05, 0.1) is 20.7 Å². The molecule has 29 heavy (non-hydrogen) atoms. The highest BCUT2D eigenvalue weighted by Gasteiger charge is 2.40. The van der Waals surface area contributed by atoms with Crippen molar-refractivity contribution in [2.75, 3.05) is 4.90 Å². The number of nitrogens with zero attached hydrogens (tertiary/aromatic N) is 2. The molecule has 0 spiro atoms. The molecule has 0 N–H and O–H groups in total. The van der Waals surface area contributed by atoms with Gasteiger partial charge < -0.3 is 0 Å². The van der Waals surface area contributed by atoms with Crippen LogP contribution in [-0.4, -0.2) is 16.6 Å². The Hall–Kier alpha value is -2.70. The van der Waals surface area contributed by atoms with Crippen LogP contribution in [-0.2, 0) is 9.59 Å². The average Bonchev–Trinajstić information content (AvgIpc) is 2.69. The predicted octanol–water partition coefficient (Wildman–Crippen LogP) is 5.43. The second-order valence-electron chi connectivity index (χ2n) is 7.07. The Labute approximate surface area is 176 Å². The van der Waals surface area contributed by atoms with Crippen LogP contribution >= 0.6 is 23.2 Å². The molecule has 0 saturated heterocycles. The van der Waals surface area contributed by atoms with Crippen LogP contribution in [0.5, 0.6) is 0 Å². The molecular formula is C21H16Cl2N2O4. The van der Waals surface area contributed by atoms with Gasteiger partial charge in [0.1, 0.15) is 0 Å².